The van der Waals surface area contributed by atoms with Crippen LogP contribution in [0.3, 0.4) is 0 Å². The summed E-state index contributed by atoms with van der Waals surface area (Å²) in [6.45, 7) is 3.39. The van der Waals surface area contributed by atoms with Crippen LogP contribution in [0.2, 0.25) is 0 Å². The van der Waals surface area contributed by atoms with Crippen molar-refractivity contribution >= 4 is 7.60 Å². The smallest absolute Gasteiger partial charge is 0.312 e. The fourth-order valence-corrected chi connectivity index (χ4v) is 0.771. The largest absolute Gasteiger partial charge is 0.330 e. The molecule has 0 amide bonds. The highest BCUT2D eigenvalue weighted by atomic mass is 31.2. The van der Waals surface area contributed by atoms with E-state index in [9.17, 15) is 4.57 Å². The maximum atomic E-state index is 10.8. The van der Waals surface area contributed by atoms with E-state index in [-0.39, 0.29) is 6.16 Å². The molecule has 0 aromatic rings. The second-order valence-electron chi connectivity index (χ2n) is 1.20. The van der Waals surface area contributed by atoms with Gasteiger partial charge in [0.25, 0.3) is 0 Å². The van der Waals surface area contributed by atoms with Crippen molar-refractivity contribution in [2.24, 2.45) is 0 Å². The molecule has 1 radical (unpaired) electrons. The van der Waals surface area contributed by atoms with Gasteiger partial charge in [-0.25, -0.2) is 0 Å². The van der Waals surface area contributed by atoms with Crippen LogP contribution in [-0.2, 0) is 13.6 Å². The Kier molecular flexibility index (Phi) is 3.29. The van der Waals surface area contributed by atoms with E-state index in [1.807, 2.05) is 0 Å². The Labute approximate surface area is 49.5 Å². The van der Waals surface area contributed by atoms with Crippen molar-refractivity contribution in [2.45, 2.75) is 0 Å². The van der Waals surface area contributed by atoms with E-state index in [0.29, 0.717) is 0 Å². The second kappa shape index (κ2) is 3.23. The first-order chi connectivity index (χ1) is 3.68. The monoisotopic (exact) mass is 137 g/mol. The standard InChI is InChI=1S/C4H10O3P/c1-4-8(5,6-2)7-3/h1,4H2,2-3H3. The van der Waals surface area contributed by atoms with Crippen molar-refractivity contribution in [2.75, 3.05) is 20.4 Å². The van der Waals surface area contributed by atoms with Crippen molar-refractivity contribution in [3.8, 4) is 0 Å². The molecular weight excluding hydrogens is 127 g/mol. The van der Waals surface area contributed by atoms with E-state index in [1.165, 1.54) is 14.2 Å². The van der Waals surface area contributed by atoms with E-state index in [0.717, 1.165) is 0 Å². The Hall–Kier alpha value is 0.150. The van der Waals surface area contributed by atoms with Crippen molar-refractivity contribution in [1.82, 2.24) is 0 Å². The van der Waals surface area contributed by atoms with Crippen LogP contribution < -0.4 is 0 Å². The van der Waals surface area contributed by atoms with Crippen molar-refractivity contribution in [1.29, 1.82) is 0 Å². The summed E-state index contributed by atoms with van der Waals surface area (Å²) in [4.78, 5) is 0. The molecule has 0 aliphatic carbocycles. The average Bonchev–Trinajstić information content (AvgIpc) is 1.87. The molecule has 0 aliphatic heterocycles. The van der Waals surface area contributed by atoms with E-state index in [2.05, 4.69) is 16.0 Å². The quantitative estimate of drug-likeness (QED) is 0.550. The third-order valence-electron chi connectivity index (χ3n) is 0.830. The summed E-state index contributed by atoms with van der Waals surface area (Å²) < 4.78 is 19.8. The molecule has 0 aliphatic rings. The summed E-state index contributed by atoms with van der Waals surface area (Å²) in [5.41, 5.74) is 0. The van der Waals surface area contributed by atoms with Crippen LogP contribution in [0.1, 0.15) is 0 Å². The Morgan fingerprint density at radius 3 is 1.88 bits per heavy atom. The molecule has 0 N–H and O–H groups in total. The molecule has 0 saturated carbocycles. The Balaban J connectivity index is 3.79. The second-order valence-corrected chi connectivity index (χ2v) is 3.60. The van der Waals surface area contributed by atoms with Gasteiger partial charge in [0.2, 0.25) is 0 Å². The minimum atomic E-state index is -2.77. The molecule has 0 bridgehead atoms. The molecule has 49 valence electrons. The van der Waals surface area contributed by atoms with Gasteiger partial charge < -0.3 is 9.05 Å². The minimum Gasteiger partial charge on any atom is -0.312 e. The summed E-state index contributed by atoms with van der Waals surface area (Å²) in [7, 11) is -0.0877. The average molecular weight is 137 g/mol. The third kappa shape index (κ3) is 1.95. The highest BCUT2D eigenvalue weighted by Crippen LogP contribution is 2.45. The molecule has 0 unspecified atom stereocenters. The van der Waals surface area contributed by atoms with Crippen molar-refractivity contribution < 1.29 is 13.6 Å². The predicted molar refractivity (Wildman–Crippen MR) is 31.8 cm³/mol. The normalized spacial score (nSPS) is 11.9. The lowest BCUT2D eigenvalue weighted by Gasteiger charge is -2.08. The van der Waals surface area contributed by atoms with Gasteiger partial charge in [-0.2, -0.15) is 0 Å². The minimum absolute atomic E-state index is 0.181. The zero-order valence-corrected chi connectivity index (χ0v) is 5.98. The highest BCUT2D eigenvalue weighted by Gasteiger charge is 2.15. The summed E-state index contributed by atoms with van der Waals surface area (Å²) in [6, 6.07) is 0. The van der Waals surface area contributed by atoms with Crippen LogP contribution in [0.25, 0.3) is 0 Å². The molecule has 0 heterocycles. The predicted octanol–water partition coefficient (Wildman–Crippen LogP) is 1.31. The maximum absolute atomic E-state index is 10.8. The highest BCUT2D eigenvalue weighted by molar-refractivity contribution is 7.53. The Morgan fingerprint density at radius 2 is 1.88 bits per heavy atom. The molecule has 3 nitrogen and oxygen atoms in total. The Bertz CT molecular complexity index is 82.4. The third-order valence-corrected chi connectivity index (χ3v) is 2.49. The summed E-state index contributed by atoms with van der Waals surface area (Å²) in [5, 5.41) is 0. The lowest BCUT2D eigenvalue weighted by molar-refractivity contribution is 0.278. The summed E-state index contributed by atoms with van der Waals surface area (Å²) in [6.07, 6.45) is 0.181. The van der Waals surface area contributed by atoms with Gasteiger partial charge in [0.1, 0.15) is 0 Å². The first-order valence-corrected chi connectivity index (χ1v) is 3.91. The van der Waals surface area contributed by atoms with Crippen molar-refractivity contribution in [3.05, 3.63) is 6.92 Å². The van der Waals surface area contributed by atoms with Crippen LogP contribution in [0.15, 0.2) is 0 Å². The van der Waals surface area contributed by atoms with Gasteiger partial charge in [0.05, 0.1) is 6.16 Å². The van der Waals surface area contributed by atoms with Gasteiger partial charge in [-0.3, -0.25) is 4.57 Å². The van der Waals surface area contributed by atoms with E-state index >= 15 is 0 Å². The lowest BCUT2D eigenvalue weighted by atomic mass is 11.0. The summed E-state index contributed by atoms with van der Waals surface area (Å²) in [5.74, 6) is 0. The van der Waals surface area contributed by atoms with Gasteiger partial charge in [0, 0.05) is 14.2 Å². The van der Waals surface area contributed by atoms with Gasteiger partial charge in [-0.15, -0.1) is 0 Å². The van der Waals surface area contributed by atoms with Gasteiger partial charge in [-0.1, -0.05) is 0 Å². The SMILES string of the molecule is [CH2]CP(=O)(OC)OC. The number of rotatable bonds is 3. The van der Waals surface area contributed by atoms with E-state index in [4.69, 9.17) is 0 Å². The number of hydrogen-bond donors (Lipinski definition) is 0. The molecule has 0 aromatic carbocycles. The molecular formula is C4H10O3P. The van der Waals surface area contributed by atoms with Crippen LogP contribution >= 0.6 is 7.60 Å². The molecule has 4 heteroatoms. The fourth-order valence-electron chi connectivity index (χ4n) is 0.257. The number of hydrogen-bond acceptors (Lipinski definition) is 3. The van der Waals surface area contributed by atoms with E-state index < -0.39 is 7.60 Å². The van der Waals surface area contributed by atoms with Gasteiger partial charge >= 0.3 is 7.60 Å². The zero-order valence-electron chi connectivity index (χ0n) is 5.09. The van der Waals surface area contributed by atoms with Crippen LogP contribution in [0, 0.1) is 6.92 Å². The zero-order chi connectivity index (χ0) is 6.62. The molecule has 0 spiro atoms. The van der Waals surface area contributed by atoms with Crippen molar-refractivity contribution in [3.63, 3.8) is 0 Å². The van der Waals surface area contributed by atoms with Gasteiger partial charge in [0.15, 0.2) is 0 Å². The molecule has 0 aromatic heterocycles. The van der Waals surface area contributed by atoms with Crippen LogP contribution in [0.4, 0.5) is 0 Å². The Morgan fingerprint density at radius 1 is 1.50 bits per heavy atom. The molecule has 8 heavy (non-hydrogen) atoms. The first-order valence-electron chi connectivity index (χ1n) is 2.18. The maximum Gasteiger partial charge on any atom is 0.330 e. The van der Waals surface area contributed by atoms with Crippen LogP contribution in [-0.4, -0.2) is 20.4 Å². The first kappa shape index (κ1) is 8.15. The molecule has 0 fully saturated rings. The summed E-state index contributed by atoms with van der Waals surface area (Å²) >= 11 is 0. The van der Waals surface area contributed by atoms with Crippen LogP contribution in [0.5, 0.6) is 0 Å². The lowest BCUT2D eigenvalue weighted by Crippen LogP contribution is -1.89. The fraction of sp³-hybridized carbons (Fsp3) is 0.750. The van der Waals surface area contributed by atoms with Gasteiger partial charge in [-0.05, 0) is 6.92 Å². The molecule has 0 saturated heterocycles. The molecule has 0 atom stereocenters. The van der Waals surface area contributed by atoms with E-state index in [1.54, 1.807) is 0 Å². The topological polar surface area (TPSA) is 35.5 Å². The molecule has 0 rings (SSSR count).